The number of amides is 2. The summed E-state index contributed by atoms with van der Waals surface area (Å²) in [6.07, 6.45) is -2.94. The molecule has 0 atom stereocenters. The van der Waals surface area contributed by atoms with Crippen molar-refractivity contribution in [2.24, 2.45) is 0 Å². The van der Waals surface area contributed by atoms with E-state index < -0.39 is 11.7 Å². The van der Waals surface area contributed by atoms with Crippen molar-refractivity contribution in [3.05, 3.63) is 59.2 Å². The number of anilines is 2. The Kier molecular flexibility index (Phi) is 6.10. The van der Waals surface area contributed by atoms with Gasteiger partial charge in [-0.3, -0.25) is 19.4 Å². The van der Waals surface area contributed by atoms with Crippen molar-refractivity contribution in [1.29, 1.82) is 0 Å². The Balaban J connectivity index is 1.23. The molecule has 2 aliphatic heterocycles. The fraction of sp³-hybridized carbons (Fsp3) is 0.391. The maximum atomic E-state index is 13.1. The number of nitrogens with zero attached hydrogens (tertiary/aromatic N) is 3. The fourth-order valence-electron chi connectivity index (χ4n) is 4.26. The second kappa shape index (κ2) is 8.82. The van der Waals surface area contributed by atoms with Crippen LogP contribution in [0.15, 0.2) is 42.5 Å². The van der Waals surface area contributed by atoms with Crippen LogP contribution in [0.25, 0.3) is 0 Å². The third-order valence-corrected chi connectivity index (χ3v) is 6.06. The normalized spacial score (nSPS) is 17.2. The van der Waals surface area contributed by atoms with Crippen LogP contribution in [0.4, 0.5) is 24.5 Å². The molecule has 2 heterocycles. The first kappa shape index (κ1) is 22.1. The third-order valence-electron chi connectivity index (χ3n) is 6.06. The molecule has 0 unspecified atom stereocenters. The molecular weight excluding hydrogens is 421 g/mol. The lowest BCUT2D eigenvalue weighted by Crippen LogP contribution is -2.46. The minimum absolute atomic E-state index is 0.235. The second-order valence-electron chi connectivity index (χ2n) is 8.11. The molecule has 9 heteroatoms. The summed E-state index contributed by atoms with van der Waals surface area (Å²) in [6, 6.07) is 10.9. The molecule has 2 aromatic carbocycles. The van der Waals surface area contributed by atoms with Gasteiger partial charge in [0.2, 0.25) is 0 Å². The molecule has 2 aliphatic rings. The van der Waals surface area contributed by atoms with Gasteiger partial charge in [-0.25, -0.2) is 0 Å². The minimum atomic E-state index is -4.47. The molecule has 0 saturated carbocycles. The summed E-state index contributed by atoms with van der Waals surface area (Å²) in [4.78, 5) is 30.3. The molecule has 1 fully saturated rings. The van der Waals surface area contributed by atoms with Gasteiger partial charge >= 0.3 is 6.18 Å². The first-order chi connectivity index (χ1) is 15.3. The number of imide groups is 1. The predicted molar refractivity (Wildman–Crippen MR) is 116 cm³/mol. The van der Waals surface area contributed by atoms with Crippen LogP contribution in [0.3, 0.4) is 0 Å². The quantitative estimate of drug-likeness (QED) is 0.418. The molecule has 2 aromatic rings. The number of hydrogen-bond acceptors (Lipinski definition) is 5. The highest BCUT2D eigenvalue weighted by Crippen LogP contribution is 2.36. The Bertz CT molecular complexity index is 982. The van der Waals surface area contributed by atoms with Gasteiger partial charge in [0, 0.05) is 44.1 Å². The third kappa shape index (κ3) is 4.43. The molecule has 0 aromatic heterocycles. The number of unbranched alkanes of at least 4 members (excludes halogenated alkanes) is 1. The van der Waals surface area contributed by atoms with Crippen molar-refractivity contribution >= 4 is 23.2 Å². The largest absolute Gasteiger partial charge is 0.418 e. The number of piperazine rings is 1. The Morgan fingerprint density at radius 2 is 1.44 bits per heavy atom. The number of rotatable bonds is 6. The van der Waals surface area contributed by atoms with Crippen LogP contribution in [0, 0.1) is 0 Å². The van der Waals surface area contributed by atoms with Crippen LogP contribution in [0.1, 0.15) is 39.1 Å². The van der Waals surface area contributed by atoms with E-state index in [1.54, 1.807) is 30.3 Å². The second-order valence-corrected chi connectivity index (χ2v) is 8.11. The number of carbonyl (C=O) groups is 2. The van der Waals surface area contributed by atoms with Crippen molar-refractivity contribution < 1.29 is 22.8 Å². The maximum Gasteiger partial charge on any atom is 0.418 e. The van der Waals surface area contributed by atoms with Crippen molar-refractivity contribution in [3.8, 4) is 0 Å². The highest BCUT2D eigenvalue weighted by atomic mass is 19.4. The summed E-state index contributed by atoms with van der Waals surface area (Å²) in [5.41, 5.74) is 5.87. The average molecular weight is 446 g/mol. The lowest BCUT2D eigenvalue weighted by Gasteiger charge is -2.36. The standard InChI is InChI=1S/C23H25F3N4O2/c24-23(25,26)19-15-16(7-8-20(19)27)29-13-11-28(12-14-29)9-3-4-10-30-21(31)17-5-1-2-6-18(17)22(30)32/h1-2,5-8,15H,3-4,9-14,27H2. The summed E-state index contributed by atoms with van der Waals surface area (Å²) in [5.74, 6) is -0.470. The molecule has 32 heavy (non-hydrogen) atoms. The van der Waals surface area contributed by atoms with Gasteiger partial charge in [-0.1, -0.05) is 12.1 Å². The summed E-state index contributed by atoms with van der Waals surface area (Å²) >= 11 is 0. The first-order valence-corrected chi connectivity index (χ1v) is 10.6. The topological polar surface area (TPSA) is 69.9 Å². The van der Waals surface area contributed by atoms with E-state index in [1.807, 2.05) is 4.90 Å². The summed E-state index contributed by atoms with van der Waals surface area (Å²) in [7, 11) is 0. The van der Waals surface area contributed by atoms with Gasteiger partial charge in [-0.2, -0.15) is 13.2 Å². The van der Waals surface area contributed by atoms with Gasteiger partial charge in [0.15, 0.2) is 0 Å². The van der Waals surface area contributed by atoms with Gasteiger partial charge in [0.25, 0.3) is 11.8 Å². The van der Waals surface area contributed by atoms with Crippen molar-refractivity contribution in [1.82, 2.24) is 9.80 Å². The molecular formula is C23H25F3N4O2. The number of hydrogen-bond donors (Lipinski definition) is 1. The smallest absolute Gasteiger partial charge is 0.398 e. The number of alkyl halides is 3. The highest BCUT2D eigenvalue weighted by molar-refractivity contribution is 6.21. The zero-order chi connectivity index (χ0) is 22.9. The Hall–Kier alpha value is -3.07. The zero-order valence-corrected chi connectivity index (χ0v) is 17.6. The van der Waals surface area contributed by atoms with Gasteiger partial charge in [0.05, 0.1) is 16.7 Å². The molecule has 2 amide bonds. The molecule has 1 saturated heterocycles. The van der Waals surface area contributed by atoms with Crippen LogP contribution in [-0.4, -0.2) is 60.9 Å². The van der Waals surface area contributed by atoms with E-state index in [2.05, 4.69) is 4.90 Å². The van der Waals surface area contributed by atoms with E-state index in [1.165, 1.54) is 11.0 Å². The van der Waals surface area contributed by atoms with Gasteiger partial charge in [-0.05, 0) is 49.7 Å². The zero-order valence-electron chi connectivity index (χ0n) is 17.6. The molecule has 0 aliphatic carbocycles. The molecule has 170 valence electrons. The molecule has 0 bridgehead atoms. The van der Waals surface area contributed by atoms with Gasteiger partial charge in [-0.15, -0.1) is 0 Å². The van der Waals surface area contributed by atoms with E-state index in [4.69, 9.17) is 5.73 Å². The molecule has 0 radical (unpaired) electrons. The lowest BCUT2D eigenvalue weighted by molar-refractivity contribution is -0.136. The molecule has 0 spiro atoms. The van der Waals surface area contributed by atoms with Crippen molar-refractivity contribution in [3.63, 3.8) is 0 Å². The highest BCUT2D eigenvalue weighted by Gasteiger charge is 2.35. The number of nitrogen functional groups attached to an aromatic ring is 1. The van der Waals surface area contributed by atoms with E-state index in [0.717, 1.165) is 32.1 Å². The minimum Gasteiger partial charge on any atom is -0.398 e. The van der Waals surface area contributed by atoms with Crippen LogP contribution >= 0.6 is 0 Å². The van der Waals surface area contributed by atoms with Crippen molar-refractivity contribution in [2.75, 3.05) is 49.9 Å². The summed E-state index contributed by atoms with van der Waals surface area (Å²) < 4.78 is 39.3. The maximum absolute atomic E-state index is 13.1. The number of benzene rings is 2. The Morgan fingerprint density at radius 3 is 2.03 bits per heavy atom. The predicted octanol–water partition coefficient (Wildman–Crippen LogP) is 3.49. The van der Waals surface area contributed by atoms with Gasteiger partial charge in [0.1, 0.15) is 0 Å². The Labute approximate surface area is 184 Å². The van der Waals surface area contributed by atoms with E-state index in [9.17, 15) is 22.8 Å². The lowest BCUT2D eigenvalue weighted by atomic mass is 10.1. The van der Waals surface area contributed by atoms with Crippen LogP contribution in [0.2, 0.25) is 0 Å². The average Bonchev–Trinajstić information content (AvgIpc) is 3.01. The number of nitrogens with two attached hydrogens (primary N) is 1. The Morgan fingerprint density at radius 1 is 0.844 bits per heavy atom. The molecule has 6 nitrogen and oxygen atoms in total. The molecule has 2 N–H and O–H groups in total. The number of carbonyl (C=O) groups excluding carboxylic acids is 2. The SMILES string of the molecule is Nc1ccc(N2CCN(CCCCN3C(=O)c4ccccc4C3=O)CC2)cc1C(F)(F)F. The van der Waals surface area contributed by atoms with Crippen LogP contribution in [-0.2, 0) is 6.18 Å². The fourth-order valence-corrected chi connectivity index (χ4v) is 4.26. The monoisotopic (exact) mass is 446 g/mol. The number of halogens is 3. The number of fused-ring (bicyclic) bond motifs is 1. The van der Waals surface area contributed by atoms with Crippen LogP contribution in [0.5, 0.6) is 0 Å². The van der Waals surface area contributed by atoms with Crippen molar-refractivity contribution in [2.45, 2.75) is 19.0 Å². The van der Waals surface area contributed by atoms with Gasteiger partial charge < -0.3 is 10.6 Å². The van der Waals surface area contributed by atoms with E-state index in [0.29, 0.717) is 42.9 Å². The first-order valence-electron chi connectivity index (χ1n) is 10.6. The van der Waals surface area contributed by atoms with Crippen LogP contribution < -0.4 is 10.6 Å². The van der Waals surface area contributed by atoms with E-state index >= 15 is 0 Å². The summed E-state index contributed by atoms with van der Waals surface area (Å²) in [6.45, 7) is 3.92. The van der Waals surface area contributed by atoms with E-state index in [-0.39, 0.29) is 17.5 Å². The molecule has 4 rings (SSSR count). The summed E-state index contributed by atoms with van der Waals surface area (Å²) in [5, 5.41) is 0.